The highest BCUT2D eigenvalue weighted by Crippen LogP contribution is 2.47. The van der Waals surface area contributed by atoms with Crippen LogP contribution in [0.25, 0.3) is 16.9 Å². The average molecular weight is 464 g/mol. The Morgan fingerprint density at radius 2 is 1.97 bits per heavy atom. The standard InChI is InChI=1S/C20H22F2N6O3S/c1-12-2-3-13(8-14(12)15-9-24-17-16(23)25-11-26-28(15)17)32(29,30)27-19-4-6-20(7-5-19,18(21)22)31-10-19/h2-3,8-9,11,18,27H,4-7,10H2,1H3,(H2,23,25,26). The van der Waals surface area contributed by atoms with Crippen molar-refractivity contribution < 1.29 is 21.9 Å². The molecule has 3 fully saturated rings. The van der Waals surface area contributed by atoms with E-state index in [1.54, 1.807) is 18.3 Å². The van der Waals surface area contributed by atoms with Crippen LogP contribution in [0.3, 0.4) is 0 Å². The van der Waals surface area contributed by atoms with E-state index in [4.69, 9.17) is 10.5 Å². The molecule has 3 aromatic rings. The topological polar surface area (TPSA) is 124 Å². The van der Waals surface area contributed by atoms with Gasteiger partial charge in [0, 0.05) is 5.56 Å². The maximum absolute atomic E-state index is 13.4. The summed E-state index contributed by atoms with van der Waals surface area (Å²) in [4.78, 5) is 8.21. The van der Waals surface area contributed by atoms with Crippen LogP contribution in [0.4, 0.5) is 14.6 Å². The molecule has 2 bridgehead atoms. The molecule has 3 N–H and O–H groups in total. The molecule has 2 aromatic heterocycles. The smallest absolute Gasteiger partial charge is 0.267 e. The molecule has 1 aliphatic carbocycles. The molecule has 0 unspecified atom stereocenters. The van der Waals surface area contributed by atoms with Crippen LogP contribution in [-0.2, 0) is 14.8 Å². The summed E-state index contributed by atoms with van der Waals surface area (Å²) in [7, 11) is -3.94. The van der Waals surface area contributed by atoms with Crippen LogP contribution in [-0.4, -0.2) is 52.2 Å². The fourth-order valence-corrected chi connectivity index (χ4v) is 6.01. The van der Waals surface area contributed by atoms with Crippen LogP contribution in [0, 0.1) is 6.92 Å². The van der Waals surface area contributed by atoms with E-state index in [1.165, 1.54) is 16.9 Å². The Bertz CT molecular complexity index is 1290. The van der Waals surface area contributed by atoms with Crippen LogP contribution >= 0.6 is 0 Å². The third-order valence-corrected chi connectivity index (χ3v) is 8.14. The molecule has 4 heterocycles. The predicted octanol–water partition coefficient (Wildman–Crippen LogP) is 2.31. The van der Waals surface area contributed by atoms with Gasteiger partial charge >= 0.3 is 0 Å². The monoisotopic (exact) mass is 464 g/mol. The molecule has 0 radical (unpaired) electrons. The predicted molar refractivity (Wildman–Crippen MR) is 112 cm³/mol. The molecule has 170 valence electrons. The first kappa shape index (κ1) is 21.2. The third kappa shape index (κ3) is 3.24. The first-order valence-electron chi connectivity index (χ1n) is 10.2. The number of hydrogen-bond acceptors (Lipinski definition) is 7. The molecule has 0 spiro atoms. The van der Waals surface area contributed by atoms with Crippen molar-refractivity contribution in [2.45, 2.75) is 55.1 Å². The van der Waals surface area contributed by atoms with Crippen LogP contribution in [0.5, 0.6) is 0 Å². The second kappa shape index (κ2) is 7.15. The maximum atomic E-state index is 13.4. The van der Waals surface area contributed by atoms with Crippen LogP contribution in [0.2, 0.25) is 0 Å². The number of benzene rings is 1. The van der Waals surface area contributed by atoms with Crippen molar-refractivity contribution in [2.24, 2.45) is 0 Å². The van der Waals surface area contributed by atoms with Gasteiger partial charge in [-0.25, -0.2) is 36.4 Å². The SMILES string of the molecule is Cc1ccc(S(=O)(=O)NC23CCC(C(F)F)(CC2)OC3)cc1-c1cnc2c(N)ncnn12. The molecule has 1 aromatic carbocycles. The number of rotatable bonds is 5. The van der Waals surface area contributed by atoms with Gasteiger partial charge in [0.2, 0.25) is 10.0 Å². The van der Waals surface area contributed by atoms with E-state index in [-0.39, 0.29) is 30.2 Å². The van der Waals surface area contributed by atoms with E-state index in [0.717, 1.165) is 5.56 Å². The van der Waals surface area contributed by atoms with Crippen molar-refractivity contribution in [2.75, 3.05) is 12.3 Å². The molecule has 0 amide bonds. The zero-order valence-corrected chi connectivity index (χ0v) is 18.1. The molecule has 9 nitrogen and oxygen atoms in total. The average Bonchev–Trinajstić information content (AvgIpc) is 3.20. The lowest BCUT2D eigenvalue weighted by atomic mass is 9.72. The summed E-state index contributed by atoms with van der Waals surface area (Å²) < 4.78 is 63.0. The molecule has 6 rings (SSSR count). The summed E-state index contributed by atoms with van der Waals surface area (Å²) in [5, 5.41) is 4.18. The van der Waals surface area contributed by atoms with Crippen molar-refractivity contribution >= 4 is 21.5 Å². The van der Waals surface area contributed by atoms with Gasteiger partial charge in [0.05, 0.1) is 28.9 Å². The molecule has 32 heavy (non-hydrogen) atoms. The largest absolute Gasteiger partial charge is 0.381 e. The van der Waals surface area contributed by atoms with E-state index >= 15 is 0 Å². The van der Waals surface area contributed by atoms with Gasteiger partial charge in [-0.15, -0.1) is 0 Å². The van der Waals surface area contributed by atoms with Gasteiger partial charge < -0.3 is 10.5 Å². The number of nitrogens with two attached hydrogens (primary N) is 1. The first-order chi connectivity index (χ1) is 15.1. The Kier molecular flexibility index (Phi) is 4.73. The molecule has 2 saturated heterocycles. The lowest BCUT2D eigenvalue weighted by Gasteiger charge is -2.52. The van der Waals surface area contributed by atoms with Gasteiger partial charge in [-0.2, -0.15) is 5.10 Å². The Hall–Kier alpha value is -2.70. The number of nitrogen functional groups attached to an aromatic ring is 1. The highest BCUT2D eigenvalue weighted by molar-refractivity contribution is 7.89. The Morgan fingerprint density at radius 3 is 2.62 bits per heavy atom. The summed E-state index contributed by atoms with van der Waals surface area (Å²) in [5.41, 5.74) is 5.91. The minimum absolute atomic E-state index is 0.0562. The summed E-state index contributed by atoms with van der Waals surface area (Å²) in [5.74, 6) is 0.211. The molecule has 3 aliphatic rings. The number of fused-ring (bicyclic) bond motifs is 4. The number of hydrogen-bond donors (Lipinski definition) is 2. The second-order valence-corrected chi connectivity index (χ2v) is 10.2. The zero-order chi connectivity index (χ0) is 22.7. The van der Waals surface area contributed by atoms with Gasteiger partial charge in [-0.3, -0.25) is 0 Å². The number of ether oxygens (including phenoxy) is 1. The normalized spacial score (nSPS) is 25.6. The fourth-order valence-electron chi connectivity index (χ4n) is 4.54. The summed E-state index contributed by atoms with van der Waals surface area (Å²) in [6.07, 6.45) is 1.13. The number of aromatic nitrogens is 4. The van der Waals surface area contributed by atoms with E-state index in [1.807, 2.05) is 6.92 Å². The van der Waals surface area contributed by atoms with Crippen molar-refractivity contribution in [3.63, 3.8) is 0 Å². The first-order valence-corrected chi connectivity index (χ1v) is 11.6. The van der Waals surface area contributed by atoms with Crippen molar-refractivity contribution in [3.05, 3.63) is 36.3 Å². The van der Waals surface area contributed by atoms with Gasteiger partial charge in [-0.05, 0) is 50.3 Å². The Morgan fingerprint density at radius 1 is 1.22 bits per heavy atom. The zero-order valence-electron chi connectivity index (χ0n) is 17.3. The van der Waals surface area contributed by atoms with E-state index in [2.05, 4.69) is 19.8 Å². The molecule has 2 aliphatic heterocycles. The summed E-state index contributed by atoms with van der Waals surface area (Å²) in [6.45, 7) is 1.78. The molecule has 1 saturated carbocycles. The van der Waals surface area contributed by atoms with Crippen LogP contribution < -0.4 is 10.5 Å². The quantitative estimate of drug-likeness (QED) is 0.594. The molecule has 0 atom stereocenters. The van der Waals surface area contributed by atoms with Crippen molar-refractivity contribution in [1.29, 1.82) is 0 Å². The number of nitrogens with one attached hydrogen (secondary N) is 1. The maximum Gasteiger partial charge on any atom is 0.267 e. The van der Waals surface area contributed by atoms with Gasteiger partial charge in [0.25, 0.3) is 6.43 Å². The molecule has 12 heteroatoms. The van der Waals surface area contributed by atoms with Gasteiger partial charge in [-0.1, -0.05) is 6.07 Å². The lowest BCUT2D eigenvalue weighted by molar-refractivity contribution is -0.216. The van der Waals surface area contributed by atoms with E-state index in [0.29, 0.717) is 29.7 Å². The van der Waals surface area contributed by atoms with E-state index < -0.39 is 27.6 Å². The number of aryl methyl sites for hydroxylation is 1. The summed E-state index contributed by atoms with van der Waals surface area (Å²) in [6, 6.07) is 4.76. The Labute approximate surface area is 183 Å². The Balaban J connectivity index is 1.47. The van der Waals surface area contributed by atoms with Crippen molar-refractivity contribution in [3.8, 4) is 11.3 Å². The third-order valence-electron chi connectivity index (χ3n) is 6.56. The highest BCUT2D eigenvalue weighted by atomic mass is 32.2. The number of sulfonamides is 1. The van der Waals surface area contributed by atoms with E-state index in [9.17, 15) is 17.2 Å². The number of nitrogens with zero attached hydrogens (tertiary/aromatic N) is 4. The number of alkyl halides is 2. The molecular weight excluding hydrogens is 442 g/mol. The molecular formula is C20H22F2N6O3S. The minimum Gasteiger partial charge on any atom is -0.381 e. The van der Waals surface area contributed by atoms with Gasteiger partial charge in [0.15, 0.2) is 11.5 Å². The van der Waals surface area contributed by atoms with Crippen LogP contribution in [0.1, 0.15) is 31.2 Å². The number of imidazole rings is 1. The fraction of sp³-hybridized carbons (Fsp3) is 0.450. The summed E-state index contributed by atoms with van der Waals surface area (Å²) >= 11 is 0. The minimum atomic E-state index is -3.94. The number of anilines is 1. The van der Waals surface area contributed by atoms with Gasteiger partial charge in [0.1, 0.15) is 11.9 Å². The number of halogens is 2. The lowest BCUT2D eigenvalue weighted by Crippen LogP contribution is -2.64. The second-order valence-electron chi connectivity index (χ2n) is 8.54. The van der Waals surface area contributed by atoms with Crippen molar-refractivity contribution in [1.82, 2.24) is 24.3 Å². The van der Waals surface area contributed by atoms with Crippen LogP contribution in [0.15, 0.2) is 35.6 Å². The highest BCUT2D eigenvalue weighted by Gasteiger charge is 2.55.